The molecule has 0 spiro atoms. The van der Waals surface area contributed by atoms with Crippen LogP contribution in [0.3, 0.4) is 0 Å². The molecule has 3 aromatic carbocycles. The third-order valence-corrected chi connectivity index (χ3v) is 7.05. The number of aliphatic imine (C=N–C) groups is 1. The molecule has 0 bridgehead atoms. The summed E-state index contributed by atoms with van der Waals surface area (Å²) in [6, 6.07) is 25.8. The maximum atomic E-state index is 14.4. The molecule has 3 amide bonds. The molecule has 0 radical (unpaired) electrons. The highest BCUT2D eigenvalue weighted by Crippen LogP contribution is 2.28. The Kier molecular flexibility index (Phi) is 16.1. The molecule has 15 heteroatoms. The average Bonchev–Trinajstić information content (AvgIpc) is 3.06. The highest BCUT2D eigenvalue weighted by Gasteiger charge is 2.38. The van der Waals surface area contributed by atoms with E-state index in [0.29, 0.717) is 39.0 Å². The number of halogens is 3. The Balaban J connectivity index is 0.00000107. The van der Waals surface area contributed by atoms with Crippen LogP contribution in [-0.4, -0.2) is 71.8 Å². The van der Waals surface area contributed by atoms with Gasteiger partial charge in [-0.2, -0.15) is 13.2 Å². The second-order valence-corrected chi connectivity index (χ2v) is 10.6. The number of carboxylic acid groups (broad SMARTS) is 1. The summed E-state index contributed by atoms with van der Waals surface area (Å²) in [5.41, 5.74) is 20.3. The number of nitrogens with two attached hydrogens (primary N) is 3. The molecule has 3 rings (SSSR count). The Labute approximate surface area is 282 Å². The molecule has 3 aromatic rings. The van der Waals surface area contributed by atoms with Gasteiger partial charge in [0.15, 0.2) is 5.96 Å². The zero-order valence-corrected chi connectivity index (χ0v) is 26.9. The summed E-state index contributed by atoms with van der Waals surface area (Å²) < 4.78 is 36.6. The van der Waals surface area contributed by atoms with Gasteiger partial charge in [0.1, 0.15) is 6.04 Å². The number of alkyl carbamates (subject to hydrolysis) is 1. The first-order valence-electron chi connectivity index (χ1n) is 15.3. The van der Waals surface area contributed by atoms with Crippen LogP contribution in [0.2, 0.25) is 0 Å². The minimum absolute atomic E-state index is 0.0346. The van der Waals surface area contributed by atoms with Crippen LogP contribution in [0.4, 0.5) is 18.0 Å². The van der Waals surface area contributed by atoms with Gasteiger partial charge in [-0.15, -0.1) is 0 Å². The summed E-state index contributed by atoms with van der Waals surface area (Å²) in [6.07, 6.45) is -4.28. The third kappa shape index (κ3) is 14.0. The number of alkyl halides is 3. The van der Waals surface area contributed by atoms with E-state index in [0.717, 1.165) is 22.3 Å². The van der Waals surface area contributed by atoms with Crippen molar-refractivity contribution in [2.45, 2.75) is 50.9 Å². The molecule has 12 nitrogen and oxygen atoms in total. The van der Waals surface area contributed by atoms with Crippen LogP contribution in [0.5, 0.6) is 0 Å². The smallest absolute Gasteiger partial charge is 0.475 e. The second kappa shape index (κ2) is 19.9. The fraction of sp³-hybridized carbons (Fsp3) is 0.324. The molecular formula is C34H41F3N6O6. The first-order chi connectivity index (χ1) is 23.2. The number of carbonyl (C=O) groups is 4. The van der Waals surface area contributed by atoms with E-state index in [1.165, 1.54) is 0 Å². The Morgan fingerprint density at radius 2 is 1.39 bits per heavy atom. The molecular weight excluding hydrogens is 645 g/mol. The zero-order chi connectivity index (χ0) is 36.4. The number of nitrogens with one attached hydrogen (secondary N) is 1. The molecule has 49 heavy (non-hydrogen) atoms. The number of rotatable bonds is 15. The number of nitrogens with zero attached hydrogens (tertiary/aromatic N) is 2. The minimum Gasteiger partial charge on any atom is -0.475 e. The normalized spacial score (nSPS) is 11.4. The van der Waals surface area contributed by atoms with Crippen molar-refractivity contribution in [1.29, 1.82) is 0 Å². The Hall–Kier alpha value is -5.60. The second-order valence-electron chi connectivity index (χ2n) is 10.6. The highest BCUT2D eigenvalue weighted by molar-refractivity contribution is 5.92. The van der Waals surface area contributed by atoms with Gasteiger partial charge in [-0.05, 0) is 48.4 Å². The van der Waals surface area contributed by atoms with E-state index < -0.39 is 36.1 Å². The van der Waals surface area contributed by atoms with Gasteiger partial charge in [0.25, 0.3) is 0 Å². The molecule has 8 N–H and O–H groups in total. The van der Waals surface area contributed by atoms with Crippen molar-refractivity contribution >= 4 is 29.8 Å². The summed E-state index contributed by atoms with van der Waals surface area (Å²) in [4.78, 5) is 53.3. The van der Waals surface area contributed by atoms with Gasteiger partial charge in [0, 0.05) is 19.6 Å². The highest BCUT2D eigenvalue weighted by atomic mass is 19.4. The number of hydrogen-bond acceptors (Lipinski definition) is 6. The lowest BCUT2D eigenvalue weighted by atomic mass is 9.89. The summed E-state index contributed by atoms with van der Waals surface area (Å²) >= 11 is 0. The third-order valence-electron chi connectivity index (χ3n) is 7.05. The Morgan fingerprint density at radius 3 is 1.84 bits per heavy atom. The number of benzene rings is 3. The van der Waals surface area contributed by atoms with E-state index in [1.54, 1.807) is 11.8 Å². The van der Waals surface area contributed by atoms with Gasteiger partial charge in [-0.25, -0.2) is 9.59 Å². The van der Waals surface area contributed by atoms with E-state index in [2.05, 4.69) is 10.3 Å². The summed E-state index contributed by atoms with van der Waals surface area (Å²) in [6.45, 7) is 2.97. The van der Waals surface area contributed by atoms with Gasteiger partial charge in [-0.3, -0.25) is 14.6 Å². The van der Waals surface area contributed by atoms with Gasteiger partial charge >= 0.3 is 18.2 Å². The van der Waals surface area contributed by atoms with Crippen LogP contribution in [0.25, 0.3) is 0 Å². The molecule has 0 saturated carbocycles. The van der Waals surface area contributed by atoms with Crippen molar-refractivity contribution in [3.05, 3.63) is 107 Å². The monoisotopic (exact) mass is 686 g/mol. The first kappa shape index (κ1) is 39.6. The molecule has 0 saturated heterocycles. The number of aliphatic carboxylic acids is 1. The minimum atomic E-state index is -5.08. The molecule has 0 unspecified atom stereocenters. The summed E-state index contributed by atoms with van der Waals surface area (Å²) in [7, 11) is 0. The Morgan fingerprint density at radius 1 is 0.878 bits per heavy atom. The topological polar surface area (TPSA) is 203 Å². The number of carboxylic acids is 1. The lowest BCUT2D eigenvalue weighted by Crippen LogP contribution is -2.50. The molecule has 0 aliphatic rings. The molecule has 264 valence electrons. The van der Waals surface area contributed by atoms with Crippen molar-refractivity contribution in [3.8, 4) is 0 Å². The largest absolute Gasteiger partial charge is 0.490 e. The van der Waals surface area contributed by atoms with Gasteiger partial charge in [0.2, 0.25) is 11.8 Å². The van der Waals surface area contributed by atoms with Gasteiger partial charge in [-0.1, -0.05) is 84.9 Å². The van der Waals surface area contributed by atoms with E-state index in [1.807, 2.05) is 84.9 Å². The van der Waals surface area contributed by atoms with Crippen molar-refractivity contribution in [2.75, 3.05) is 19.7 Å². The van der Waals surface area contributed by atoms with Crippen LogP contribution in [-0.2, 0) is 32.1 Å². The van der Waals surface area contributed by atoms with Gasteiger partial charge < -0.3 is 37.3 Å². The first-order valence-corrected chi connectivity index (χ1v) is 15.3. The fourth-order valence-electron chi connectivity index (χ4n) is 4.73. The number of carbonyl (C=O) groups excluding carboxylic acids is 3. The van der Waals surface area contributed by atoms with Crippen LogP contribution in [0, 0.1) is 0 Å². The quantitative estimate of drug-likeness (QED) is 0.0904. The van der Waals surface area contributed by atoms with Crippen molar-refractivity contribution in [2.24, 2.45) is 22.2 Å². The van der Waals surface area contributed by atoms with Crippen LogP contribution in [0.15, 0.2) is 89.9 Å². The van der Waals surface area contributed by atoms with Crippen molar-refractivity contribution in [1.82, 2.24) is 10.2 Å². The Bertz CT molecular complexity index is 1480. The summed E-state index contributed by atoms with van der Waals surface area (Å²) in [5.74, 6) is -4.22. The number of hydrogen-bond donors (Lipinski definition) is 5. The molecule has 0 fully saturated rings. The average molecular weight is 687 g/mol. The maximum absolute atomic E-state index is 14.4. The number of primary amides is 1. The van der Waals surface area contributed by atoms with E-state index in [-0.39, 0.29) is 18.4 Å². The SMILES string of the molecule is CCOC(=O)NCc1ccc(CCN(C(=O)C(c2ccccc2)c2ccccc2)[C@H](CCCN=C(N)N)C(N)=O)cc1.O=C(O)C(F)(F)F. The predicted molar refractivity (Wildman–Crippen MR) is 177 cm³/mol. The van der Waals surface area contributed by atoms with Gasteiger partial charge in [0.05, 0.1) is 12.5 Å². The van der Waals surface area contributed by atoms with Crippen LogP contribution >= 0.6 is 0 Å². The fourth-order valence-corrected chi connectivity index (χ4v) is 4.73. The number of guanidine groups is 1. The van der Waals surface area contributed by atoms with Crippen molar-refractivity contribution in [3.63, 3.8) is 0 Å². The van der Waals surface area contributed by atoms with Crippen LogP contribution < -0.4 is 22.5 Å². The number of amides is 3. The molecule has 0 aliphatic heterocycles. The number of ether oxygens (including phenoxy) is 1. The predicted octanol–water partition coefficient (Wildman–Crippen LogP) is 3.68. The van der Waals surface area contributed by atoms with E-state index in [9.17, 15) is 27.6 Å². The standard InChI is InChI=1S/C32H40N6O4.C2HF3O2/c1-2-42-32(41)37-22-24-17-15-23(16-18-24)19-21-38(27(29(33)39)14-9-20-36-31(34)35)30(40)28(25-10-5-3-6-11-25)26-12-7-4-8-13-26;3-2(4,5)1(6)7/h3-8,10-13,15-18,27-28H,2,9,14,19-22H2,1H3,(H2,33,39)(H,37,41)(H4,34,35,36);(H,6,7)/t27-;/m1./s1. The molecule has 1 atom stereocenters. The van der Waals surface area contributed by atoms with Crippen LogP contribution in [0.1, 0.15) is 47.9 Å². The molecule has 0 heterocycles. The summed E-state index contributed by atoms with van der Waals surface area (Å²) in [5, 5.41) is 9.82. The van der Waals surface area contributed by atoms with E-state index >= 15 is 0 Å². The zero-order valence-electron chi connectivity index (χ0n) is 26.9. The maximum Gasteiger partial charge on any atom is 0.490 e. The lowest BCUT2D eigenvalue weighted by molar-refractivity contribution is -0.192. The van der Waals surface area contributed by atoms with Crippen molar-refractivity contribution < 1.29 is 42.2 Å². The lowest BCUT2D eigenvalue weighted by Gasteiger charge is -2.33. The molecule has 0 aromatic heterocycles. The van der Waals surface area contributed by atoms with E-state index in [4.69, 9.17) is 31.8 Å². The molecule has 0 aliphatic carbocycles.